The van der Waals surface area contributed by atoms with Gasteiger partial charge in [0.2, 0.25) is 0 Å². The largest absolute Gasteiger partial charge is 0.478 e. The topological polar surface area (TPSA) is 86.8 Å². The van der Waals surface area contributed by atoms with E-state index in [4.69, 9.17) is 5.73 Å². The normalized spacial score (nSPS) is 11.4. The second-order valence-corrected chi connectivity index (χ2v) is 4.99. The summed E-state index contributed by atoms with van der Waals surface area (Å²) in [6, 6.07) is 2.49. The van der Waals surface area contributed by atoms with Crippen molar-refractivity contribution in [3.63, 3.8) is 0 Å². The number of carboxylic acid groups (broad SMARTS) is 1. The Bertz CT molecular complexity index is 484. The summed E-state index contributed by atoms with van der Waals surface area (Å²) in [5.41, 5.74) is 4.13. The molecule has 0 saturated heterocycles. The first-order valence-corrected chi connectivity index (χ1v) is 5.96. The van der Waals surface area contributed by atoms with Gasteiger partial charge in [0, 0.05) is 13.1 Å². The Morgan fingerprint density at radius 2 is 2.05 bits per heavy atom. The Morgan fingerprint density at radius 3 is 2.47 bits per heavy atom. The maximum Gasteiger partial charge on any atom is 0.340 e. The number of nitrogen functional groups attached to an aromatic ring is 1. The Labute approximate surface area is 111 Å². The lowest BCUT2D eigenvalue weighted by Crippen LogP contribution is -2.39. The molecule has 0 aliphatic rings. The summed E-state index contributed by atoms with van der Waals surface area (Å²) in [7, 11) is 0. The highest BCUT2D eigenvalue weighted by atomic mass is 19.1. The molecule has 1 aromatic rings. The van der Waals surface area contributed by atoms with E-state index in [0.29, 0.717) is 12.2 Å². The predicted octanol–water partition coefficient (Wildman–Crippen LogP) is 1.70. The number of halogens is 1. The lowest BCUT2D eigenvalue weighted by atomic mass is 10.1. The quantitative estimate of drug-likeness (QED) is 0.709. The zero-order valence-corrected chi connectivity index (χ0v) is 11.3. The first-order chi connectivity index (χ1) is 8.67. The SMILES string of the molecule is CCN(CC(C)(C)O)c1ccc(F)c(N)c1C(=O)O. The number of carboxylic acids is 1. The molecule has 0 atom stereocenters. The van der Waals surface area contributed by atoms with Gasteiger partial charge >= 0.3 is 5.97 Å². The zero-order valence-electron chi connectivity index (χ0n) is 11.3. The molecule has 0 fully saturated rings. The predicted molar refractivity (Wildman–Crippen MR) is 72.0 cm³/mol. The molecule has 0 bridgehead atoms. The Balaban J connectivity index is 3.32. The van der Waals surface area contributed by atoms with Crippen LogP contribution in [-0.2, 0) is 0 Å². The smallest absolute Gasteiger partial charge is 0.340 e. The van der Waals surface area contributed by atoms with E-state index in [1.807, 2.05) is 6.92 Å². The van der Waals surface area contributed by atoms with E-state index in [1.54, 1.807) is 18.7 Å². The molecular weight excluding hydrogens is 251 g/mol. The van der Waals surface area contributed by atoms with Crippen LogP contribution in [0.2, 0.25) is 0 Å². The van der Waals surface area contributed by atoms with Crippen LogP contribution < -0.4 is 10.6 Å². The average Bonchev–Trinajstić information content (AvgIpc) is 2.27. The van der Waals surface area contributed by atoms with Gasteiger partial charge in [0.1, 0.15) is 11.4 Å². The number of nitrogens with two attached hydrogens (primary N) is 1. The summed E-state index contributed by atoms with van der Waals surface area (Å²) in [6.45, 7) is 5.73. The van der Waals surface area contributed by atoms with Crippen LogP contribution in [0.1, 0.15) is 31.1 Å². The van der Waals surface area contributed by atoms with Crippen molar-refractivity contribution in [2.45, 2.75) is 26.4 Å². The average molecular weight is 270 g/mol. The Morgan fingerprint density at radius 1 is 1.47 bits per heavy atom. The van der Waals surface area contributed by atoms with Crippen molar-refractivity contribution in [3.05, 3.63) is 23.5 Å². The molecule has 4 N–H and O–H groups in total. The van der Waals surface area contributed by atoms with Gasteiger partial charge in [-0.05, 0) is 32.9 Å². The fourth-order valence-electron chi connectivity index (χ4n) is 1.91. The van der Waals surface area contributed by atoms with E-state index >= 15 is 0 Å². The van der Waals surface area contributed by atoms with Crippen LogP contribution in [0.15, 0.2) is 12.1 Å². The van der Waals surface area contributed by atoms with Crippen molar-refractivity contribution in [3.8, 4) is 0 Å². The third kappa shape index (κ3) is 3.57. The first kappa shape index (κ1) is 15.2. The van der Waals surface area contributed by atoms with Crippen LogP contribution in [0.25, 0.3) is 0 Å². The summed E-state index contributed by atoms with van der Waals surface area (Å²) < 4.78 is 13.4. The summed E-state index contributed by atoms with van der Waals surface area (Å²) in [5, 5.41) is 19.0. The van der Waals surface area contributed by atoms with E-state index < -0.39 is 17.4 Å². The number of hydrogen-bond acceptors (Lipinski definition) is 4. The third-order valence-corrected chi connectivity index (χ3v) is 2.68. The summed E-state index contributed by atoms with van der Waals surface area (Å²) in [6.07, 6.45) is 0. The monoisotopic (exact) mass is 270 g/mol. The Kier molecular flexibility index (Phi) is 4.36. The molecule has 0 unspecified atom stereocenters. The van der Waals surface area contributed by atoms with Crippen molar-refractivity contribution in [2.24, 2.45) is 0 Å². The highest BCUT2D eigenvalue weighted by Crippen LogP contribution is 2.29. The lowest BCUT2D eigenvalue weighted by Gasteiger charge is -2.31. The maximum atomic E-state index is 13.4. The number of benzene rings is 1. The minimum Gasteiger partial charge on any atom is -0.478 e. The van der Waals surface area contributed by atoms with Gasteiger partial charge in [0.25, 0.3) is 0 Å². The number of likely N-dealkylation sites (N-methyl/N-ethyl adjacent to an activating group) is 1. The summed E-state index contributed by atoms with van der Waals surface area (Å²) >= 11 is 0. The molecule has 0 saturated carbocycles. The molecule has 0 aliphatic carbocycles. The van der Waals surface area contributed by atoms with Crippen molar-refractivity contribution >= 4 is 17.3 Å². The molecule has 0 aliphatic heterocycles. The molecule has 1 rings (SSSR count). The summed E-state index contributed by atoms with van der Waals surface area (Å²) in [5.74, 6) is -2.05. The molecule has 106 valence electrons. The van der Waals surface area contributed by atoms with Crippen LogP contribution in [0.3, 0.4) is 0 Å². The maximum absolute atomic E-state index is 13.4. The van der Waals surface area contributed by atoms with Crippen LogP contribution in [-0.4, -0.2) is 34.9 Å². The van der Waals surface area contributed by atoms with E-state index in [0.717, 1.165) is 6.07 Å². The minimum atomic E-state index is -1.29. The number of aromatic carboxylic acids is 1. The fraction of sp³-hybridized carbons (Fsp3) is 0.462. The second-order valence-electron chi connectivity index (χ2n) is 4.99. The van der Waals surface area contributed by atoms with Gasteiger partial charge in [-0.25, -0.2) is 9.18 Å². The van der Waals surface area contributed by atoms with Gasteiger partial charge in [-0.15, -0.1) is 0 Å². The highest BCUT2D eigenvalue weighted by molar-refractivity contribution is 6.00. The molecule has 1 aromatic carbocycles. The number of aliphatic hydroxyl groups is 1. The van der Waals surface area contributed by atoms with Crippen molar-refractivity contribution in [1.82, 2.24) is 0 Å². The second kappa shape index (κ2) is 5.44. The standard InChI is InChI=1S/C13H19FN2O3/c1-4-16(7-13(2,3)19)9-6-5-8(14)11(15)10(9)12(17)18/h5-6,19H,4,7,15H2,1-3H3,(H,17,18). The molecule has 0 heterocycles. The Hall–Kier alpha value is -1.82. The van der Waals surface area contributed by atoms with Crippen LogP contribution in [0.5, 0.6) is 0 Å². The molecular formula is C13H19FN2O3. The number of nitrogens with zero attached hydrogens (tertiary/aromatic N) is 1. The molecule has 19 heavy (non-hydrogen) atoms. The summed E-state index contributed by atoms with van der Waals surface area (Å²) in [4.78, 5) is 12.9. The third-order valence-electron chi connectivity index (χ3n) is 2.68. The minimum absolute atomic E-state index is 0.217. The highest BCUT2D eigenvalue weighted by Gasteiger charge is 2.24. The van der Waals surface area contributed by atoms with Crippen molar-refractivity contribution < 1.29 is 19.4 Å². The van der Waals surface area contributed by atoms with E-state index in [-0.39, 0.29) is 17.8 Å². The number of anilines is 2. The van der Waals surface area contributed by atoms with Crippen LogP contribution >= 0.6 is 0 Å². The fourth-order valence-corrected chi connectivity index (χ4v) is 1.91. The van der Waals surface area contributed by atoms with Crippen molar-refractivity contribution in [2.75, 3.05) is 23.7 Å². The van der Waals surface area contributed by atoms with E-state index in [9.17, 15) is 19.4 Å². The van der Waals surface area contributed by atoms with Gasteiger partial charge < -0.3 is 20.8 Å². The molecule has 0 aromatic heterocycles. The number of rotatable bonds is 5. The van der Waals surface area contributed by atoms with Gasteiger partial charge in [-0.3, -0.25) is 0 Å². The van der Waals surface area contributed by atoms with Gasteiger partial charge in [0.05, 0.1) is 17.0 Å². The van der Waals surface area contributed by atoms with Crippen molar-refractivity contribution in [1.29, 1.82) is 0 Å². The number of hydrogen-bond donors (Lipinski definition) is 3. The van der Waals surface area contributed by atoms with Gasteiger partial charge in [-0.2, -0.15) is 0 Å². The van der Waals surface area contributed by atoms with Gasteiger partial charge in [0.15, 0.2) is 0 Å². The molecule has 0 radical (unpaired) electrons. The molecule has 5 nitrogen and oxygen atoms in total. The zero-order chi connectivity index (χ0) is 14.8. The number of carbonyl (C=O) groups is 1. The molecule has 0 spiro atoms. The van der Waals surface area contributed by atoms with Crippen LogP contribution in [0.4, 0.5) is 15.8 Å². The van der Waals surface area contributed by atoms with Gasteiger partial charge in [-0.1, -0.05) is 0 Å². The molecule has 0 amide bonds. The van der Waals surface area contributed by atoms with E-state index in [2.05, 4.69) is 0 Å². The van der Waals surface area contributed by atoms with E-state index in [1.165, 1.54) is 6.07 Å². The molecule has 6 heteroatoms. The lowest BCUT2D eigenvalue weighted by molar-refractivity contribution is 0.0694. The van der Waals surface area contributed by atoms with Crippen LogP contribution in [0, 0.1) is 5.82 Å². The first-order valence-electron chi connectivity index (χ1n) is 5.96.